The zero-order chi connectivity index (χ0) is 13.1. The quantitative estimate of drug-likeness (QED) is 0.790. The van der Waals surface area contributed by atoms with Gasteiger partial charge in [-0.15, -0.1) is 0 Å². The summed E-state index contributed by atoms with van der Waals surface area (Å²) in [5.74, 6) is 0. The number of halogens is 2. The second-order valence-electron chi connectivity index (χ2n) is 4.45. The Kier molecular flexibility index (Phi) is 4.65. The maximum atomic E-state index is 6.22. The number of rotatable bonds is 3. The summed E-state index contributed by atoms with van der Waals surface area (Å²) in [4.78, 5) is 0. The van der Waals surface area contributed by atoms with Gasteiger partial charge in [0.15, 0.2) is 0 Å². The van der Waals surface area contributed by atoms with Gasteiger partial charge in [0.05, 0.1) is 0 Å². The van der Waals surface area contributed by atoms with Gasteiger partial charge in [0.2, 0.25) is 0 Å². The van der Waals surface area contributed by atoms with Crippen molar-refractivity contribution < 1.29 is 0 Å². The Morgan fingerprint density at radius 3 is 2.44 bits per heavy atom. The van der Waals surface area contributed by atoms with Gasteiger partial charge in [0, 0.05) is 14.6 Å². The molecule has 0 aliphatic heterocycles. The van der Waals surface area contributed by atoms with E-state index in [4.69, 9.17) is 17.3 Å². The highest BCUT2D eigenvalue weighted by Gasteiger charge is 2.08. The van der Waals surface area contributed by atoms with Crippen LogP contribution in [0.4, 0.5) is 0 Å². The minimum absolute atomic E-state index is 0.0110. The summed E-state index contributed by atoms with van der Waals surface area (Å²) in [5.41, 5.74) is 9.65. The Balaban J connectivity index is 2.13. The van der Waals surface area contributed by atoms with Gasteiger partial charge in [-0.25, -0.2) is 0 Å². The highest BCUT2D eigenvalue weighted by atomic mass is 127. The van der Waals surface area contributed by atoms with Crippen molar-refractivity contribution in [3.63, 3.8) is 0 Å². The molecule has 1 unspecified atom stereocenters. The van der Waals surface area contributed by atoms with Crippen LogP contribution in [-0.4, -0.2) is 0 Å². The van der Waals surface area contributed by atoms with E-state index < -0.39 is 0 Å². The molecule has 3 heteroatoms. The van der Waals surface area contributed by atoms with Gasteiger partial charge in [-0.2, -0.15) is 0 Å². The first-order chi connectivity index (χ1) is 8.56. The topological polar surface area (TPSA) is 26.0 Å². The van der Waals surface area contributed by atoms with Crippen LogP contribution in [0.2, 0.25) is 5.02 Å². The Hall–Kier alpha value is -0.580. The number of hydrogen-bond donors (Lipinski definition) is 1. The number of hydrogen-bond acceptors (Lipinski definition) is 1. The number of benzene rings is 2. The smallest absolute Gasteiger partial charge is 0.0438 e. The molecule has 1 nitrogen and oxygen atoms in total. The average Bonchev–Trinajstić information content (AvgIpc) is 2.35. The third-order valence-electron chi connectivity index (χ3n) is 2.99. The van der Waals surface area contributed by atoms with Crippen LogP contribution in [0.25, 0.3) is 0 Å². The number of aryl methyl sites for hydroxylation is 1. The molecule has 0 saturated carbocycles. The fourth-order valence-corrected chi connectivity index (χ4v) is 2.38. The molecule has 2 N–H and O–H groups in total. The molecule has 0 heterocycles. The molecular formula is C15H15ClIN. The highest BCUT2D eigenvalue weighted by molar-refractivity contribution is 14.1. The largest absolute Gasteiger partial charge is 0.324 e. The summed E-state index contributed by atoms with van der Waals surface area (Å²) in [6.07, 6.45) is 0.830. The average molecular weight is 372 g/mol. The minimum atomic E-state index is -0.0110. The maximum Gasteiger partial charge on any atom is 0.0438 e. The van der Waals surface area contributed by atoms with Crippen LogP contribution in [0.1, 0.15) is 22.7 Å². The SMILES string of the molecule is Cc1ccc(C(N)Cc2ccc(I)cc2)cc1Cl. The lowest BCUT2D eigenvalue weighted by Gasteiger charge is -2.13. The Bertz CT molecular complexity index is 537. The molecule has 94 valence electrons. The molecule has 2 aromatic rings. The predicted octanol–water partition coefficient (Wildman–Crippen LogP) is 4.50. The van der Waals surface area contributed by atoms with E-state index in [-0.39, 0.29) is 6.04 Å². The van der Waals surface area contributed by atoms with Crippen LogP contribution in [0.15, 0.2) is 42.5 Å². The first-order valence-corrected chi connectivity index (χ1v) is 7.28. The lowest BCUT2D eigenvalue weighted by molar-refractivity contribution is 0.721. The van der Waals surface area contributed by atoms with Crippen LogP contribution < -0.4 is 5.73 Å². The molecule has 0 spiro atoms. The Morgan fingerprint density at radius 2 is 1.83 bits per heavy atom. The molecule has 0 aromatic heterocycles. The van der Waals surface area contributed by atoms with Gasteiger partial charge in [0.1, 0.15) is 0 Å². The summed E-state index contributed by atoms with van der Waals surface area (Å²) in [7, 11) is 0. The third kappa shape index (κ3) is 3.46. The zero-order valence-electron chi connectivity index (χ0n) is 10.2. The van der Waals surface area contributed by atoms with Crippen LogP contribution in [-0.2, 0) is 6.42 Å². The summed E-state index contributed by atoms with van der Waals surface area (Å²) in [6.45, 7) is 2.00. The van der Waals surface area contributed by atoms with Crippen molar-refractivity contribution in [2.24, 2.45) is 5.73 Å². The van der Waals surface area contributed by atoms with Crippen molar-refractivity contribution >= 4 is 34.2 Å². The van der Waals surface area contributed by atoms with E-state index in [1.165, 1.54) is 9.13 Å². The minimum Gasteiger partial charge on any atom is -0.324 e. The van der Waals surface area contributed by atoms with E-state index in [2.05, 4.69) is 52.9 Å². The predicted molar refractivity (Wildman–Crippen MR) is 86.0 cm³/mol. The van der Waals surface area contributed by atoms with Crippen molar-refractivity contribution in [2.45, 2.75) is 19.4 Å². The maximum absolute atomic E-state index is 6.22. The monoisotopic (exact) mass is 371 g/mol. The van der Waals surface area contributed by atoms with Crippen molar-refractivity contribution in [1.29, 1.82) is 0 Å². The summed E-state index contributed by atoms with van der Waals surface area (Å²) in [5, 5.41) is 0.783. The van der Waals surface area contributed by atoms with Crippen LogP contribution in [0.3, 0.4) is 0 Å². The van der Waals surface area contributed by atoms with E-state index >= 15 is 0 Å². The molecule has 2 rings (SSSR count). The fourth-order valence-electron chi connectivity index (χ4n) is 1.83. The molecule has 0 bridgehead atoms. The van der Waals surface area contributed by atoms with Crippen molar-refractivity contribution in [3.05, 3.63) is 67.7 Å². The van der Waals surface area contributed by atoms with Gasteiger partial charge >= 0.3 is 0 Å². The van der Waals surface area contributed by atoms with E-state index in [0.29, 0.717) is 0 Å². The first-order valence-electron chi connectivity index (χ1n) is 5.82. The van der Waals surface area contributed by atoms with E-state index in [0.717, 1.165) is 22.6 Å². The van der Waals surface area contributed by atoms with Crippen molar-refractivity contribution in [2.75, 3.05) is 0 Å². The standard InChI is InChI=1S/C15H15ClIN/c1-10-2-5-12(9-14(10)16)15(18)8-11-3-6-13(17)7-4-11/h2-7,9,15H,8,18H2,1H3. The van der Waals surface area contributed by atoms with Gasteiger partial charge in [-0.1, -0.05) is 35.9 Å². The molecule has 1 atom stereocenters. The van der Waals surface area contributed by atoms with Crippen molar-refractivity contribution in [1.82, 2.24) is 0 Å². The molecule has 0 aliphatic rings. The van der Waals surface area contributed by atoms with E-state index in [1.54, 1.807) is 0 Å². The first kappa shape index (κ1) is 13.8. The fraction of sp³-hybridized carbons (Fsp3) is 0.200. The molecule has 2 aromatic carbocycles. The molecule has 0 radical (unpaired) electrons. The lowest BCUT2D eigenvalue weighted by atomic mass is 9.99. The summed E-state index contributed by atoms with van der Waals surface area (Å²) < 4.78 is 1.24. The van der Waals surface area contributed by atoms with E-state index in [1.807, 2.05) is 19.1 Å². The number of nitrogens with two attached hydrogens (primary N) is 1. The molecule has 0 aliphatic carbocycles. The summed E-state index contributed by atoms with van der Waals surface area (Å²) >= 11 is 8.43. The van der Waals surface area contributed by atoms with Crippen molar-refractivity contribution in [3.8, 4) is 0 Å². The van der Waals surface area contributed by atoms with Crippen LogP contribution >= 0.6 is 34.2 Å². The normalized spacial score (nSPS) is 12.4. The van der Waals surface area contributed by atoms with Gasteiger partial charge in [-0.05, 0) is 70.8 Å². The molecular weight excluding hydrogens is 357 g/mol. The Labute approximate surface area is 126 Å². The van der Waals surface area contributed by atoms with E-state index in [9.17, 15) is 0 Å². The van der Waals surface area contributed by atoms with Crippen LogP contribution in [0.5, 0.6) is 0 Å². The van der Waals surface area contributed by atoms with Gasteiger partial charge < -0.3 is 5.73 Å². The third-order valence-corrected chi connectivity index (χ3v) is 4.12. The lowest BCUT2D eigenvalue weighted by Crippen LogP contribution is -2.13. The van der Waals surface area contributed by atoms with Gasteiger partial charge in [0.25, 0.3) is 0 Å². The zero-order valence-corrected chi connectivity index (χ0v) is 13.1. The molecule has 0 amide bonds. The highest BCUT2D eigenvalue weighted by Crippen LogP contribution is 2.22. The summed E-state index contributed by atoms with van der Waals surface area (Å²) in [6, 6.07) is 14.5. The molecule has 0 fully saturated rings. The Morgan fingerprint density at radius 1 is 1.17 bits per heavy atom. The second kappa shape index (κ2) is 6.04. The molecule has 0 saturated heterocycles. The molecule has 18 heavy (non-hydrogen) atoms. The van der Waals surface area contributed by atoms with Gasteiger partial charge in [-0.3, -0.25) is 0 Å². The van der Waals surface area contributed by atoms with Crippen LogP contribution in [0, 0.1) is 10.5 Å². The second-order valence-corrected chi connectivity index (χ2v) is 6.10.